The van der Waals surface area contributed by atoms with Gasteiger partial charge in [-0.15, -0.1) is 0 Å². The van der Waals surface area contributed by atoms with Gasteiger partial charge in [-0.1, -0.05) is 28.1 Å². The summed E-state index contributed by atoms with van der Waals surface area (Å²) in [7, 11) is 0. The highest BCUT2D eigenvalue weighted by atomic mass is 79.9. The summed E-state index contributed by atoms with van der Waals surface area (Å²) in [6, 6.07) is 7.81. The number of nitrogens with two attached hydrogens (primary N) is 1. The zero-order valence-electron chi connectivity index (χ0n) is 12.4. The normalized spacial score (nSPS) is 12.2. The largest absolute Gasteiger partial charge is 0.396 e. The van der Waals surface area contributed by atoms with Gasteiger partial charge in [0.15, 0.2) is 0 Å². The number of nitrogens with zero attached hydrogens (tertiary/aromatic N) is 2. The van der Waals surface area contributed by atoms with E-state index in [1.165, 1.54) is 0 Å². The molecule has 0 fully saturated rings. The zero-order chi connectivity index (χ0) is 15.6. The lowest BCUT2D eigenvalue weighted by Gasteiger charge is -2.15. The van der Waals surface area contributed by atoms with Crippen molar-refractivity contribution in [1.29, 1.82) is 0 Å². The number of hydrogen-bond acceptors (Lipinski definition) is 3. The number of benzene rings is 1. The maximum atomic E-state index is 12.1. The first-order chi connectivity index (χ1) is 9.88. The van der Waals surface area contributed by atoms with Crippen LogP contribution in [0.2, 0.25) is 0 Å². The van der Waals surface area contributed by atoms with Crippen LogP contribution in [0.5, 0.6) is 0 Å². The van der Waals surface area contributed by atoms with Gasteiger partial charge >= 0.3 is 0 Å². The fraction of sp³-hybridized carbons (Fsp3) is 0.333. The number of halogens is 1. The molecule has 0 aliphatic rings. The Labute approximate surface area is 132 Å². The third kappa shape index (κ3) is 3.64. The van der Waals surface area contributed by atoms with Gasteiger partial charge in [0, 0.05) is 4.47 Å². The molecule has 0 saturated heterocycles. The van der Waals surface area contributed by atoms with Crippen molar-refractivity contribution in [3.05, 3.63) is 45.7 Å². The van der Waals surface area contributed by atoms with E-state index in [-0.39, 0.29) is 18.5 Å². The van der Waals surface area contributed by atoms with E-state index in [0.717, 1.165) is 21.4 Å². The highest BCUT2D eigenvalue weighted by Gasteiger charge is 2.14. The van der Waals surface area contributed by atoms with Crippen LogP contribution in [0.4, 0.5) is 5.69 Å². The minimum atomic E-state index is -0.0897. The van der Waals surface area contributed by atoms with Crippen LogP contribution in [0.1, 0.15) is 29.9 Å². The number of aromatic nitrogens is 2. The molecule has 0 bridgehead atoms. The molecule has 0 spiro atoms. The highest BCUT2D eigenvalue weighted by Crippen LogP contribution is 2.18. The standard InChI is InChI=1S/C15H19BrN4O/c1-9(12-5-4-6-13(16)7-12)18-14(21)8-20-11(3)15(17)10(2)19-20/h4-7,9H,8,17H2,1-3H3,(H,18,21). The van der Waals surface area contributed by atoms with E-state index in [4.69, 9.17) is 5.73 Å². The zero-order valence-corrected chi connectivity index (χ0v) is 13.9. The van der Waals surface area contributed by atoms with E-state index >= 15 is 0 Å². The quantitative estimate of drug-likeness (QED) is 0.890. The second-order valence-electron chi connectivity index (χ2n) is 5.09. The molecule has 21 heavy (non-hydrogen) atoms. The smallest absolute Gasteiger partial charge is 0.242 e. The van der Waals surface area contributed by atoms with E-state index in [2.05, 4.69) is 26.3 Å². The van der Waals surface area contributed by atoms with Crippen LogP contribution in [0, 0.1) is 13.8 Å². The predicted molar refractivity (Wildman–Crippen MR) is 86.8 cm³/mol. The molecule has 1 amide bonds. The number of nitrogens with one attached hydrogen (secondary N) is 1. The molecule has 0 saturated carbocycles. The highest BCUT2D eigenvalue weighted by molar-refractivity contribution is 9.10. The summed E-state index contributed by atoms with van der Waals surface area (Å²) >= 11 is 3.43. The Morgan fingerprint density at radius 3 is 2.76 bits per heavy atom. The van der Waals surface area contributed by atoms with Crippen molar-refractivity contribution in [3.8, 4) is 0 Å². The molecular weight excluding hydrogens is 332 g/mol. The number of carbonyl (C=O) groups excluding carboxylic acids is 1. The van der Waals surface area contributed by atoms with E-state index in [1.807, 2.05) is 45.0 Å². The first kappa shape index (κ1) is 15.6. The molecule has 0 aliphatic heterocycles. The van der Waals surface area contributed by atoms with Gasteiger partial charge in [0.25, 0.3) is 0 Å². The predicted octanol–water partition coefficient (Wildman–Crippen LogP) is 2.72. The Kier molecular flexibility index (Phi) is 4.67. The average Bonchev–Trinajstić information content (AvgIpc) is 2.66. The van der Waals surface area contributed by atoms with E-state index in [0.29, 0.717) is 5.69 Å². The topological polar surface area (TPSA) is 72.9 Å². The number of nitrogen functional groups attached to an aromatic ring is 1. The van der Waals surface area contributed by atoms with Gasteiger partial charge in [0.2, 0.25) is 5.91 Å². The molecule has 2 aromatic rings. The Bertz CT molecular complexity index is 666. The number of amides is 1. The lowest BCUT2D eigenvalue weighted by Crippen LogP contribution is -2.30. The molecule has 5 nitrogen and oxygen atoms in total. The molecular formula is C15H19BrN4O. The number of hydrogen-bond donors (Lipinski definition) is 2. The second-order valence-corrected chi connectivity index (χ2v) is 6.00. The fourth-order valence-electron chi connectivity index (χ4n) is 2.15. The lowest BCUT2D eigenvalue weighted by molar-refractivity contribution is -0.122. The molecule has 0 radical (unpaired) electrons. The Morgan fingerprint density at radius 2 is 2.19 bits per heavy atom. The number of anilines is 1. The molecule has 1 unspecified atom stereocenters. The van der Waals surface area contributed by atoms with Crippen LogP contribution in [-0.2, 0) is 11.3 Å². The molecule has 1 atom stereocenters. The van der Waals surface area contributed by atoms with Gasteiger partial charge in [-0.25, -0.2) is 0 Å². The van der Waals surface area contributed by atoms with Crippen molar-refractivity contribution in [1.82, 2.24) is 15.1 Å². The van der Waals surface area contributed by atoms with Gasteiger partial charge in [-0.2, -0.15) is 5.10 Å². The molecule has 1 heterocycles. The molecule has 1 aromatic heterocycles. The first-order valence-electron chi connectivity index (χ1n) is 6.72. The van der Waals surface area contributed by atoms with Crippen LogP contribution >= 0.6 is 15.9 Å². The van der Waals surface area contributed by atoms with Crippen LogP contribution in [-0.4, -0.2) is 15.7 Å². The Morgan fingerprint density at radius 1 is 1.48 bits per heavy atom. The summed E-state index contributed by atoms with van der Waals surface area (Å²) in [5.74, 6) is -0.0897. The van der Waals surface area contributed by atoms with Crippen molar-refractivity contribution < 1.29 is 4.79 Å². The summed E-state index contributed by atoms with van der Waals surface area (Å²) in [4.78, 5) is 12.1. The SMILES string of the molecule is Cc1nn(CC(=O)NC(C)c2cccc(Br)c2)c(C)c1N. The summed E-state index contributed by atoms with van der Waals surface area (Å²) in [5, 5.41) is 7.23. The summed E-state index contributed by atoms with van der Waals surface area (Å²) in [5.41, 5.74) is 9.12. The van der Waals surface area contributed by atoms with Crippen LogP contribution in [0.25, 0.3) is 0 Å². The van der Waals surface area contributed by atoms with E-state index in [9.17, 15) is 4.79 Å². The maximum Gasteiger partial charge on any atom is 0.242 e. The third-order valence-electron chi connectivity index (χ3n) is 3.46. The minimum Gasteiger partial charge on any atom is -0.396 e. The van der Waals surface area contributed by atoms with Crippen LogP contribution in [0.3, 0.4) is 0 Å². The van der Waals surface area contributed by atoms with Crippen molar-refractivity contribution in [2.75, 3.05) is 5.73 Å². The summed E-state index contributed by atoms with van der Waals surface area (Å²) < 4.78 is 2.63. The van der Waals surface area contributed by atoms with Crippen molar-refractivity contribution in [3.63, 3.8) is 0 Å². The molecule has 0 aliphatic carbocycles. The van der Waals surface area contributed by atoms with Crippen LogP contribution < -0.4 is 11.1 Å². The maximum absolute atomic E-state index is 12.1. The minimum absolute atomic E-state index is 0.0655. The third-order valence-corrected chi connectivity index (χ3v) is 3.95. The number of rotatable bonds is 4. The lowest BCUT2D eigenvalue weighted by atomic mass is 10.1. The van der Waals surface area contributed by atoms with E-state index < -0.39 is 0 Å². The molecule has 1 aromatic carbocycles. The van der Waals surface area contributed by atoms with Gasteiger partial charge in [-0.05, 0) is 38.5 Å². The van der Waals surface area contributed by atoms with Crippen LogP contribution in [0.15, 0.2) is 28.7 Å². The molecule has 2 rings (SSSR count). The summed E-state index contributed by atoms with van der Waals surface area (Å²) in [6.07, 6.45) is 0. The molecule has 112 valence electrons. The van der Waals surface area contributed by atoms with Crippen molar-refractivity contribution >= 4 is 27.5 Å². The fourth-order valence-corrected chi connectivity index (χ4v) is 2.56. The Hall–Kier alpha value is -1.82. The summed E-state index contributed by atoms with van der Waals surface area (Å²) in [6.45, 7) is 5.82. The van der Waals surface area contributed by atoms with E-state index in [1.54, 1.807) is 4.68 Å². The average molecular weight is 351 g/mol. The Balaban J connectivity index is 2.03. The second kappa shape index (κ2) is 6.30. The van der Waals surface area contributed by atoms with Crippen molar-refractivity contribution in [2.24, 2.45) is 0 Å². The monoisotopic (exact) mass is 350 g/mol. The molecule has 3 N–H and O–H groups in total. The number of carbonyl (C=O) groups is 1. The molecule has 6 heteroatoms. The van der Waals surface area contributed by atoms with Gasteiger partial charge < -0.3 is 11.1 Å². The van der Waals surface area contributed by atoms with Crippen molar-refractivity contribution in [2.45, 2.75) is 33.4 Å². The van der Waals surface area contributed by atoms with Gasteiger partial charge in [-0.3, -0.25) is 9.48 Å². The van der Waals surface area contributed by atoms with Gasteiger partial charge in [0.1, 0.15) is 6.54 Å². The van der Waals surface area contributed by atoms with Gasteiger partial charge in [0.05, 0.1) is 23.1 Å². The first-order valence-corrected chi connectivity index (χ1v) is 7.52. The number of aryl methyl sites for hydroxylation is 1.